The Kier molecular flexibility index (Phi) is 7.91. The molecule has 3 fully saturated rings. The third-order valence-electron chi connectivity index (χ3n) is 8.05. The molecule has 10 nitrogen and oxygen atoms in total. The van der Waals surface area contributed by atoms with E-state index in [2.05, 4.69) is 21.8 Å². The van der Waals surface area contributed by atoms with Crippen molar-refractivity contribution in [2.75, 3.05) is 50.8 Å². The van der Waals surface area contributed by atoms with Gasteiger partial charge in [-0.1, -0.05) is 29.8 Å². The quantitative estimate of drug-likeness (QED) is 0.339. The molecule has 41 heavy (non-hydrogen) atoms. The van der Waals surface area contributed by atoms with Crippen LogP contribution in [0.3, 0.4) is 0 Å². The number of anilines is 2. The monoisotopic (exact) mass is 599 g/mol. The van der Waals surface area contributed by atoms with Crippen molar-refractivity contribution in [3.05, 3.63) is 41.0 Å². The van der Waals surface area contributed by atoms with Crippen LogP contribution in [0.5, 0.6) is 11.5 Å². The fraction of sp³-hybridized carbons (Fsp3) is 0.448. The first-order valence-corrected chi connectivity index (χ1v) is 14.3. The Hall–Kier alpha value is -3.18. The smallest absolute Gasteiger partial charge is 0.223 e. The van der Waals surface area contributed by atoms with Crippen LogP contribution in [-0.4, -0.2) is 79.5 Å². The molecule has 1 aromatic carbocycles. The number of nitrogens with zero attached hydrogens (tertiary/aromatic N) is 4. The summed E-state index contributed by atoms with van der Waals surface area (Å²) in [5, 5.41) is 4.85. The minimum Gasteiger partial charge on any atom is -0.495 e. The summed E-state index contributed by atoms with van der Waals surface area (Å²) >= 11 is 13.6. The SMILES string of the molecule is C=CC(=O)C[C@H]1CCOC[C@H]1Nc1ncc2cc(-c3c(Cl)c(OC)cc(OC)c3Cl)nc(N3CC4CC3CO4)c2n1. The lowest BCUT2D eigenvalue weighted by Crippen LogP contribution is -2.40. The first-order chi connectivity index (χ1) is 19.9. The maximum atomic E-state index is 12.1. The Bertz CT molecular complexity index is 1480. The van der Waals surface area contributed by atoms with Crippen molar-refractivity contribution < 1.29 is 23.7 Å². The van der Waals surface area contributed by atoms with Crippen LogP contribution in [0, 0.1) is 5.92 Å². The second-order valence-electron chi connectivity index (χ2n) is 10.5. The van der Waals surface area contributed by atoms with E-state index in [0.717, 1.165) is 18.2 Å². The number of ether oxygens (including phenoxy) is 4. The molecule has 2 unspecified atom stereocenters. The standard InChI is InChI=1S/C29H31Cl2N5O5/c1-4-18(37)7-15-5-6-40-14-21(15)34-29-32-11-16-8-20(24-25(30)22(38-2)10-23(39-3)26(24)31)33-28(27(16)35-29)36-12-19-9-17(36)13-41-19/h4,8,10-11,15,17,19,21H,1,5-7,9,12-14H2,2-3H3,(H,32,34,35)/t15-,17?,19?,21-/m1/s1. The molecule has 0 saturated carbocycles. The lowest BCUT2D eigenvalue weighted by atomic mass is 9.90. The maximum Gasteiger partial charge on any atom is 0.223 e. The van der Waals surface area contributed by atoms with Crippen LogP contribution in [0.1, 0.15) is 19.3 Å². The lowest BCUT2D eigenvalue weighted by molar-refractivity contribution is -0.116. The number of allylic oxidation sites excluding steroid dienone is 1. The van der Waals surface area contributed by atoms with E-state index in [9.17, 15) is 4.79 Å². The van der Waals surface area contributed by atoms with Gasteiger partial charge in [-0.25, -0.2) is 15.0 Å². The van der Waals surface area contributed by atoms with Crippen LogP contribution in [0.15, 0.2) is 31.0 Å². The molecule has 0 radical (unpaired) electrons. The van der Waals surface area contributed by atoms with E-state index in [1.165, 1.54) is 20.3 Å². The Balaban J connectivity index is 1.44. The number of benzene rings is 1. The molecule has 2 bridgehead atoms. The minimum atomic E-state index is -0.112. The number of halogens is 2. The molecular formula is C29H31Cl2N5O5. The van der Waals surface area contributed by atoms with Gasteiger partial charge in [0.1, 0.15) is 17.0 Å². The Morgan fingerprint density at radius 1 is 1.20 bits per heavy atom. The van der Waals surface area contributed by atoms with Crippen molar-refractivity contribution in [3.8, 4) is 22.8 Å². The summed E-state index contributed by atoms with van der Waals surface area (Å²) in [6.07, 6.45) is 5.37. The molecule has 3 aliphatic rings. The predicted octanol–water partition coefficient (Wildman–Crippen LogP) is 4.96. The van der Waals surface area contributed by atoms with Gasteiger partial charge < -0.3 is 29.2 Å². The van der Waals surface area contributed by atoms with Crippen molar-refractivity contribution >= 4 is 51.7 Å². The van der Waals surface area contributed by atoms with Crippen LogP contribution in [-0.2, 0) is 14.3 Å². The van der Waals surface area contributed by atoms with Gasteiger partial charge in [0, 0.05) is 42.8 Å². The van der Waals surface area contributed by atoms with Gasteiger partial charge in [-0.05, 0) is 30.9 Å². The number of aromatic nitrogens is 3. The normalized spacial score (nSPS) is 23.6. The van der Waals surface area contributed by atoms with Crippen molar-refractivity contribution in [2.45, 2.75) is 37.5 Å². The highest BCUT2D eigenvalue weighted by Crippen LogP contribution is 2.47. The molecular weight excluding hydrogens is 569 g/mol. The summed E-state index contributed by atoms with van der Waals surface area (Å²) in [5.74, 6) is 2.10. The van der Waals surface area contributed by atoms with Crippen LogP contribution >= 0.6 is 23.2 Å². The molecule has 12 heteroatoms. The lowest BCUT2D eigenvalue weighted by Gasteiger charge is -2.32. The van der Waals surface area contributed by atoms with Crippen molar-refractivity contribution in [1.82, 2.24) is 15.0 Å². The fourth-order valence-corrected chi connectivity index (χ4v) is 6.58. The van der Waals surface area contributed by atoms with Crippen molar-refractivity contribution in [3.63, 3.8) is 0 Å². The average Bonchev–Trinajstić information content (AvgIpc) is 3.62. The second-order valence-corrected chi connectivity index (χ2v) is 11.2. The first-order valence-electron chi connectivity index (χ1n) is 13.6. The van der Waals surface area contributed by atoms with Crippen LogP contribution in [0.2, 0.25) is 10.0 Å². The van der Waals surface area contributed by atoms with Gasteiger partial charge in [0.05, 0.1) is 61.4 Å². The zero-order valence-electron chi connectivity index (χ0n) is 22.9. The highest BCUT2D eigenvalue weighted by atomic mass is 35.5. The maximum absolute atomic E-state index is 12.1. The third kappa shape index (κ3) is 5.30. The van der Waals surface area contributed by atoms with Crippen molar-refractivity contribution in [1.29, 1.82) is 0 Å². The highest BCUT2D eigenvalue weighted by Gasteiger charge is 2.41. The number of morpholine rings is 1. The van der Waals surface area contributed by atoms with Crippen molar-refractivity contribution in [2.24, 2.45) is 5.92 Å². The predicted molar refractivity (Wildman–Crippen MR) is 158 cm³/mol. The van der Waals surface area contributed by atoms with Gasteiger partial charge in [0.2, 0.25) is 5.95 Å². The van der Waals surface area contributed by atoms with E-state index in [1.807, 2.05) is 6.07 Å². The van der Waals surface area contributed by atoms with E-state index in [1.54, 1.807) is 12.3 Å². The summed E-state index contributed by atoms with van der Waals surface area (Å²) in [4.78, 5) is 29.0. The summed E-state index contributed by atoms with van der Waals surface area (Å²) < 4.78 is 22.6. The molecule has 216 valence electrons. The molecule has 3 aromatic rings. The van der Waals surface area contributed by atoms with Crippen LogP contribution in [0.4, 0.5) is 11.8 Å². The molecule has 1 N–H and O–H groups in total. The Labute approximate surface area is 247 Å². The molecule has 0 amide bonds. The number of carbonyl (C=O) groups is 1. The zero-order chi connectivity index (χ0) is 28.7. The number of hydrogen-bond donors (Lipinski definition) is 1. The number of pyridine rings is 1. The summed E-state index contributed by atoms with van der Waals surface area (Å²) in [6.45, 7) is 6.02. The van der Waals surface area contributed by atoms with E-state index in [4.69, 9.17) is 52.1 Å². The molecule has 3 saturated heterocycles. The highest BCUT2D eigenvalue weighted by molar-refractivity contribution is 6.41. The Morgan fingerprint density at radius 3 is 2.63 bits per heavy atom. The van der Waals surface area contributed by atoms with E-state index in [-0.39, 0.29) is 29.9 Å². The van der Waals surface area contributed by atoms with Gasteiger partial charge in [0.15, 0.2) is 11.6 Å². The molecule has 3 aliphatic heterocycles. The number of carbonyl (C=O) groups excluding carboxylic acids is 1. The molecule has 2 aromatic heterocycles. The number of nitrogens with one attached hydrogen (secondary N) is 1. The van der Waals surface area contributed by atoms with E-state index in [0.29, 0.717) is 82.9 Å². The van der Waals surface area contributed by atoms with E-state index >= 15 is 0 Å². The second kappa shape index (κ2) is 11.6. The number of fused-ring (bicyclic) bond motifs is 3. The van der Waals surface area contributed by atoms with Crippen LogP contribution < -0.4 is 19.7 Å². The Morgan fingerprint density at radius 2 is 1.98 bits per heavy atom. The van der Waals surface area contributed by atoms with E-state index < -0.39 is 0 Å². The number of ketones is 1. The van der Waals surface area contributed by atoms with Gasteiger partial charge in [0.25, 0.3) is 0 Å². The number of hydrogen-bond acceptors (Lipinski definition) is 10. The third-order valence-corrected chi connectivity index (χ3v) is 8.81. The van der Waals surface area contributed by atoms with Gasteiger partial charge in [-0.15, -0.1) is 0 Å². The average molecular weight is 601 g/mol. The topological polar surface area (TPSA) is 108 Å². The molecule has 0 spiro atoms. The number of rotatable bonds is 9. The molecule has 6 rings (SSSR count). The summed E-state index contributed by atoms with van der Waals surface area (Å²) in [5.41, 5.74) is 1.75. The fourth-order valence-electron chi connectivity index (χ4n) is 5.88. The first kappa shape index (κ1) is 28.0. The van der Waals surface area contributed by atoms with Gasteiger partial charge in [-0.3, -0.25) is 4.79 Å². The van der Waals surface area contributed by atoms with Gasteiger partial charge >= 0.3 is 0 Å². The number of methoxy groups -OCH3 is 2. The summed E-state index contributed by atoms with van der Waals surface area (Å²) in [6, 6.07) is 3.59. The largest absolute Gasteiger partial charge is 0.495 e. The molecule has 4 atom stereocenters. The molecule has 0 aliphatic carbocycles. The zero-order valence-corrected chi connectivity index (χ0v) is 24.4. The molecule has 5 heterocycles. The van der Waals surface area contributed by atoms with Gasteiger partial charge in [-0.2, -0.15) is 0 Å². The summed E-state index contributed by atoms with van der Waals surface area (Å²) in [7, 11) is 3.08. The van der Waals surface area contributed by atoms with Crippen LogP contribution in [0.25, 0.3) is 22.2 Å². The minimum absolute atomic E-state index is 0.0138.